The number of carboxylic acid groups (broad SMARTS) is 1. The molecule has 0 aliphatic heterocycles. The van der Waals surface area contributed by atoms with Crippen molar-refractivity contribution >= 4 is 24.2 Å². The molecule has 0 saturated heterocycles. The molecular weight excluding hydrogens is 522 g/mol. The minimum atomic E-state index is -2.13. The normalized spacial score (nSPS) is 15.1. The first-order chi connectivity index (χ1) is 18.6. The molecule has 0 saturated carbocycles. The molecular formula is C29H45NO10. The fraction of sp³-hybridized carbons (Fsp3) is 0.655. The smallest absolute Gasteiger partial charge is 0.477 e. The van der Waals surface area contributed by atoms with Crippen LogP contribution in [0, 0.1) is 5.41 Å². The molecule has 0 aromatic heterocycles. The topological polar surface area (TPSA) is 147 Å². The summed E-state index contributed by atoms with van der Waals surface area (Å²) in [6.07, 6.45) is -1.11. The van der Waals surface area contributed by atoms with Gasteiger partial charge in [0.2, 0.25) is 0 Å². The molecule has 0 bridgehead atoms. The second kappa shape index (κ2) is 15.4. The van der Waals surface area contributed by atoms with E-state index in [9.17, 15) is 24.3 Å². The molecule has 0 spiro atoms. The highest BCUT2D eigenvalue weighted by Crippen LogP contribution is 2.33. The number of rotatable bonds is 15. The number of ether oxygens (including phenoxy) is 5. The van der Waals surface area contributed by atoms with E-state index in [2.05, 4.69) is 5.32 Å². The first-order valence-electron chi connectivity index (χ1n) is 13.8. The highest BCUT2D eigenvalue weighted by molar-refractivity contribution is 5.84. The maximum absolute atomic E-state index is 13.0. The van der Waals surface area contributed by atoms with Crippen LogP contribution in [-0.2, 0) is 30.2 Å². The Morgan fingerprint density at radius 2 is 1.38 bits per heavy atom. The molecule has 226 valence electrons. The van der Waals surface area contributed by atoms with E-state index >= 15 is 0 Å². The van der Waals surface area contributed by atoms with E-state index in [0.717, 1.165) is 0 Å². The molecule has 0 fully saturated rings. The monoisotopic (exact) mass is 567 g/mol. The van der Waals surface area contributed by atoms with Gasteiger partial charge in [0.05, 0.1) is 5.41 Å². The number of esters is 1. The molecule has 11 nitrogen and oxygen atoms in total. The highest BCUT2D eigenvalue weighted by atomic mass is 16.7. The van der Waals surface area contributed by atoms with E-state index in [0.29, 0.717) is 31.2 Å². The highest BCUT2D eigenvalue weighted by Gasteiger charge is 2.46. The quantitative estimate of drug-likeness (QED) is 0.111. The van der Waals surface area contributed by atoms with Crippen molar-refractivity contribution in [3.05, 3.63) is 23.8 Å². The van der Waals surface area contributed by atoms with Crippen molar-refractivity contribution in [1.82, 2.24) is 5.32 Å². The Hall–Kier alpha value is -3.34. The number of benzene rings is 1. The van der Waals surface area contributed by atoms with Crippen LogP contribution in [0.2, 0.25) is 0 Å². The summed E-state index contributed by atoms with van der Waals surface area (Å²) in [5.74, 6) is -2.42. The number of aliphatic carboxylic acids is 1. The van der Waals surface area contributed by atoms with Crippen LogP contribution in [0.25, 0.3) is 0 Å². The fourth-order valence-electron chi connectivity index (χ4n) is 3.08. The van der Waals surface area contributed by atoms with Gasteiger partial charge in [0.15, 0.2) is 11.5 Å². The summed E-state index contributed by atoms with van der Waals surface area (Å²) in [6, 6.07) is 3.83. The Balaban J connectivity index is 3.53. The molecule has 2 N–H and O–H groups in total. The van der Waals surface area contributed by atoms with Crippen molar-refractivity contribution in [3.8, 4) is 11.5 Å². The van der Waals surface area contributed by atoms with Crippen molar-refractivity contribution in [2.45, 2.75) is 118 Å². The lowest BCUT2D eigenvalue weighted by molar-refractivity contribution is -0.191. The zero-order chi connectivity index (χ0) is 30.7. The van der Waals surface area contributed by atoms with E-state index in [4.69, 9.17) is 23.7 Å². The number of carbonyl (C=O) groups is 4. The Morgan fingerprint density at radius 1 is 0.850 bits per heavy atom. The maximum atomic E-state index is 13.0. The number of hydrogen-bond acceptors (Lipinski definition) is 10. The molecule has 0 aliphatic carbocycles. The van der Waals surface area contributed by atoms with Gasteiger partial charge in [-0.05, 0) is 78.0 Å². The van der Waals surface area contributed by atoms with Gasteiger partial charge in [-0.25, -0.2) is 14.4 Å². The standard InChI is InChI=1S/C29H45NO10/c1-10-18(5)30-29(24(31)32,40-25(33)28(8,9)13-4)17-21-14-15-22(38-26(34)36-19(6)11-2)23(16-21)39-27(35)37-20(7)12-3/h14-16,18-20,30H,10-13,17H2,1-9H3,(H,31,32)/t18?,19?,20?,29-/m0/s1. The zero-order valence-electron chi connectivity index (χ0n) is 25.1. The molecule has 0 heterocycles. The van der Waals surface area contributed by atoms with Crippen molar-refractivity contribution in [2.75, 3.05) is 0 Å². The molecule has 0 amide bonds. The van der Waals surface area contributed by atoms with Crippen LogP contribution in [0.4, 0.5) is 9.59 Å². The third-order valence-corrected chi connectivity index (χ3v) is 6.73. The van der Waals surface area contributed by atoms with Gasteiger partial charge in [0, 0.05) is 12.5 Å². The van der Waals surface area contributed by atoms with Gasteiger partial charge in [-0.3, -0.25) is 10.1 Å². The average Bonchev–Trinajstić information content (AvgIpc) is 2.89. The van der Waals surface area contributed by atoms with Crippen molar-refractivity contribution < 1.29 is 48.0 Å². The number of hydrogen-bond donors (Lipinski definition) is 2. The van der Waals surface area contributed by atoms with Crippen LogP contribution < -0.4 is 14.8 Å². The van der Waals surface area contributed by atoms with E-state index in [1.807, 2.05) is 20.8 Å². The average molecular weight is 568 g/mol. The second-order valence-electron chi connectivity index (χ2n) is 10.5. The van der Waals surface area contributed by atoms with Crippen molar-refractivity contribution in [1.29, 1.82) is 0 Å². The van der Waals surface area contributed by atoms with E-state index in [1.54, 1.807) is 41.5 Å². The fourth-order valence-corrected chi connectivity index (χ4v) is 3.08. The molecule has 1 aromatic rings. The third kappa shape index (κ3) is 10.3. The molecule has 4 atom stereocenters. The van der Waals surface area contributed by atoms with Gasteiger partial charge < -0.3 is 28.8 Å². The van der Waals surface area contributed by atoms with Crippen molar-refractivity contribution in [2.24, 2.45) is 5.41 Å². The van der Waals surface area contributed by atoms with Crippen LogP contribution in [0.5, 0.6) is 11.5 Å². The Morgan fingerprint density at radius 3 is 1.82 bits per heavy atom. The zero-order valence-corrected chi connectivity index (χ0v) is 25.1. The first kappa shape index (κ1) is 34.7. The summed E-state index contributed by atoms with van der Waals surface area (Å²) in [5.41, 5.74) is -2.75. The van der Waals surface area contributed by atoms with E-state index in [-0.39, 0.29) is 24.0 Å². The predicted molar refractivity (Wildman–Crippen MR) is 147 cm³/mol. The molecule has 0 aliphatic rings. The van der Waals surface area contributed by atoms with Gasteiger partial charge in [-0.15, -0.1) is 0 Å². The Labute approximate surface area is 236 Å². The SMILES string of the molecule is CCC(C)N[C@@](Cc1ccc(OC(=O)OC(C)CC)c(OC(=O)OC(C)CC)c1)(OC(=O)C(C)(C)CC)C(=O)O. The van der Waals surface area contributed by atoms with Gasteiger partial charge in [0.25, 0.3) is 5.72 Å². The van der Waals surface area contributed by atoms with E-state index < -0.39 is 47.6 Å². The summed E-state index contributed by atoms with van der Waals surface area (Å²) < 4.78 is 26.6. The van der Waals surface area contributed by atoms with Crippen molar-refractivity contribution in [3.63, 3.8) is 0 Å². The Bertz CT molecular complexity index is 1020. The largest absolute Gasteiger partial charge is 0.514 e. The van der Waals surface area contributed by atoms with Crippen LogP contribution >= 0.6 is 0 Å². The summed E-state index contributed by atoms with van der Waals surface area (Å²) >= 11 is 0. The summed E-state index contributed by atoms with van der Waals surface area (Å²) in [4.78, 5) is 50.4. The van der Waals surface area contributed by atoms with Crippen LogP contribution in [0.3, 0.4) is 0 Å². The lowest BCUT2D eigenvalue weighted by atomic mass is 9.90. The number of carboxylic acids is 1. The second-order valence-corrected chi connectivity index (χ2v) is 10.5. The lowest BCUT2D eigenvalue weighted by Crippen LogP contribution is -2.60. The lowest BCUT2D eigenvalue weighted by Gasteiger charge is -2.35. The summed E-state index contributed by atoms with van der Waals surface area (Å²) in [7, 11) is 0. The van der Waals surface area contributed by atoms with Crippen LogP contribution in [0.15, 0.2) is 18.2 Å². The van der Waals surface area contributed by atoms with Gasteiger partial charge in [0.1, 0.15) is 12.2 Å². The molecule has 40 heavy (non-hydrogen) atoms. The summed E-state index contributed by atoms with van der Waals surface area (Å²) in [6.45, 7) is 15.8. The van der Waals surface area contributed by atoms with Crippen LogP contribution in [0.1, 0.15) is 93.6 Å². The van der Waals surface area contributed by atoms with Gasteiger partial charge in [-0.2, -0.15) is 0 Å². The first-order valence-corrected chi connectivity index (χ1v) is 13.8. The summed E-state index contributed by atoms with van der Waals surface area (Å²) in [5, 5.41) is 13.3. The molecule has 11 heteroatoms. The molecule has 1 aromatic carbocycles. The Kier molecular flexibility index (Phi) is 13.4. The molecule has 3 unspecified atom stereocenters. The number of nitrogens with one attached hydrogen (secondary N) is 1. The van der Waals surface area contributed by atoms with Crippen LogP contribution in [-0.4, -0.2) is 53.3 Å². The maximum Gasteiger partial charge on any atom is 0.514 e. The predicted octanol–water partition coefficient (Wildman–Crippen LogP) is 6.01. The van der Waals surface area contributed by atoms with Gasteiger partial charge >= 0.3 is 24.2 Å². The minimum Gasteiger partial charge on any atom is -0.477 e. The van der Waals surface area contributed by atoms with E-state index in [1.165, 1.54) is 18.2 Å². The molecule has 0 radical (unpaired) electrons. The molecule has 1 rings (SSSR count). The number of carbonyl (C=O) groups excluding carboxylic acids is 3. The van der Waals surface area contributed by atoms with Gasteiger partial charge in [-0.1, -0.05) is 33.8 Å². The minimum absolute atomic E-state index is 0.141. The third-order valence-electron chi connectivity index (χ3n) is 6.73.